The van der Waals surface area contributed by atoms with Gasteiger partial charge in [-0.05, 0) is 62.7 Å². The van der Waals surface area contributed by atoms with Crippen molar-refractivity contribution in [1.82, 2.24) is 9.55 Å². The molecule has 6 heteroatoms. The van der Waals surface area contributed by atoms with Crippen molar-refractivity contribution in [3.05, 3.63) is 60.9 Å². The Morgan fingerprint density at radius 1 is 1.25 bits per heavy atom. The highest BCUT2D eigenvalue weighted by atomic mass is 19.1. The standard InChI is InChI=1S/C22H19FN2O3/c1-5-20-24-17-9-6-13(10-19(17)27-20)16-12-25(21(26)28-22(2,3)4)18-11-14(23)7-8-15(16)18/h5-12H,1H2,2-4H3. The number of rotatable bonds is 2. The van der Waals surface area contributed by atoms with Crippen LogP contribution in [0.1, 0.15) is 26.7 Å². The van der Waals surface area contributed by atoms with Crippen molar-refractivity contribution in [3.63, 3.8) is 0 Å². The molecule has 0 spiro atoms. The monoisotopic (exact) mass is 378 g/mol. The first-order valence-corrected chi connectivity index (χ1v) is 8.82. The Balaban J connectivity index is 1.90. The van der Waals surface area contributed by atoms with Gasteiger partial charge in [-0.25, -0.2) is 14.2 Å². The second-order valence-corrected chi connectivity index (χ2v) is 7.49. The van der Waals surface area contributed by atoms with Crippen molar-refractivity contribution in [3.8, 4) is 11.1 Å². The number of oxazole rings is 1. The number of halogens is 1. The smallest absolute Gasteiger partial charge is 0.419 e. The van der Waals surface area contributed by atoms with E-state index < -0.39 is 17.5 Å². The Bertz CT molecular complexity index is 1230. The van der Waals surface area contributed by atoms with Crippen LogP contribution in [-0.2, 0) is 4.74 Å². The molecule has 4 rings (SSSR count). The Morgan fingerprint density at radius 2 is 2.04 bits per heavy atom. The Hall–Kier alpha value is -3.41. The molecular weight excluding hydrogens is 359 g/mol. The fraction of sp³-hybridized carbons (Fsp3) is 0.182. The van der Waals surface area contributed by atoms with Crippen LogP contribution in [0.3, 0.4) is 0 Å². The van der Waals surface area contributed by atoms with Crippen LogP contribution in [0.2, 0.25) is 0 Å². The predicted molar refractivity (Wildman–Crippen MR) is 107 cm³/mol. The van der Waals surface area contributed by atoms with E-state index in [0.29, 0.717) is 22.5 Å². The molecule has 0 radical (unpaired) electrons. The summed E-state index contributed by atoms with van der Waals surface area (Å²) in [6.07, 6.45) is 2.63. The topological polar surface area (TPSA) is 57.3 Å². The maximum absolute atomic E-state index is 13.9. The summed E-state index contributed by atoms with van der Waals surface area (Å²) in [7, 11) is 0. The minimum absolute atomic E-state index is 0.428. The van der Waals surface area contributed by atoms with Crippen LogP contribution in [0.25, 0.3) is 39.2 Å². The molecule has 4 aromatic rings. The van der Waals surface area contributed by atoms with E-state index in [1.807, 2.05) is 18.2 Å². The first kappa shape index (κ1) is 18.0. The van der Waals surface area contributed by atoms with Gasteiger partial charge in [-0.15, -0.1) is 0 Å². The Morgan fingerprint density at radius 3 is 2.75 bits per heavy atom. The van der Waals surface area contributed by atoms with Gasteiger partial charge in [0.1, 0.15) is 16.9 Å². The van der Waals surface area contributed by atoms with Crippen LogP contribution < -0.4 is 0 Å². The van der Waals surface area contributed by atoms with E-state index in [1.54, 1.807) is 33.0 Å². The van der Waals surface area contributed by atoms with Crippen molar-refractivity contribution < 1.29 is 18.3 Å². The fourth-order valence-electron chi connectivity index (χ4n) is 3.09. The summed E-state index contributed by atoms with van der Waals surface area (Å²) in [6.45, 7) is 9.02. The zero-order valence-electron chi connectivity index (χ0n) is 15.8. The van der Waals surface area contributed by atoms with E-state index in [4.69, 9.17) is 9.15 Å². The van der Waals surface area contributed by atoms with E-state index in [1.165, 1.54) is 22.8 Å². The van der Waals surface area contributed by atoms with Gasteiger partial charge >= 0.3 is 6.09 Å². The maximum Gasteiger partial charge on any atom is 0.419 e. The number of carbonyl (C=O) groups is 1. The summed E-state index contributed by atoms with van der Waals surface area (Å²) >= 11 is 0. The van der Waals surface area contributed by atoms with Gasteiger partial charge in [0.25, 0.3) is 0 Å². The number of fused-ring (bicyclic) bond motifs is 2. The predicted octanol–water partition coefficient (Wildman–Crippen LogP) is 6.01. The molecule has 0 saturated heterocycles. The second-order valence-electron chi connectivity index (χ2n) is 7.49. The first-order valence-electron chi connectivity index (χ1n) is 8.82. The van der Waals surface area contributed by atoms with Crippen LogP contribution in [-0.4, -0.2) is 21.2 Å². The average Bonchev–Trinajstić information content (AvgIpc) is 3.20. The van der Waals surface area contributed by atoms with Gasteiger partial charge in [0.05, 0.1) is 5.52 Å². The summed E-state index contributed by atoms with van der Waals surface area (Å²) < 4.78 is 26.3. The summed E-state index contributed by atoms with van der Waals surface area (Å²) in [6, 6.07) is 9.91. The van der Waals surface area contributed by atoms with Crippen LogP contribution in [0.15, 0.2) is 53.6 Å². The molecule has 2 aromatic carbocycles. The molecule has 28 heavy (non-hydrogen) atoms. The number of aromatic nitrogens is 2. The van der Waals surface area contributed by atoms with Gasteiger partial charge in [-0.2, -0.15) is 0 Å². The van der Waals surface area contributed by atoms with Gasteiger partial charge in [-0.1, -0.05) is 12.6 Å². The molecule has 0 atom stereocenters. The zero-order chi connectivity index (χ0) is 20.1. The summed E-state index contributed by atoms with van der Waals surface area (Å²) in [4.78, 5) is 17.0. The quantitative estimate of drug-likeness (QED) is 0.428. The van der Waals surface area contributed by atoms with Crippen molar-refractivity contribution in [2.75, 3.05) is 0 Å². The van der Waals surface area contributed by atoms with Crippen molar-refractivity contribution >= 4 is 34.2 Å². The highest BCUT2D eigenvalue weighted by Crippen LogP contribution is 2.33. The third-order valence-electron chi connectivity index (χ3n) is 4.25. The molecule has 0 unspecified atom stereocenters. The Labute approximate surface area is 161 Å². The first-order chi connectivity index (χ1) is 13.2. The van der Waals surface area contributed by atoms with Crippen LogP contribution in [0, 0.1) is 5.82 Å². The molecule has 0 saturated carbocycles. The fourth-order valence-corrected chi connectivity index (χ4v) is 3.09. The molecule has 0 fully saturated rings. The lowest BCUT2D eigenvalue weighted by Crippen LogP contribution is -2.26. The highest BCUT2D eigenvalue weighted by molar-refractivity contribution is 6.01. The van der Waals surface area contributed by atoms with Crippen molar-refractivity contribution in [2.24, 2.45) is 0 Å². The number of hydrogen-bond donors (Lipinski definition) is 0. The normalized spacial score (nSPS) is 11.9. The molecule has 0 amide bonds. The Kier molecular flexibility index (Phi) is 4.07. The minimum atomic E-state index is -0.666. The van der Waals surface area contributed by atoms with Gasteiger partial charge in [-0.3, -0.25) is 4.57 Å². The maximum atomic E-state index is 13.9. The third kappa shape index (κ3) is 3.17. The molecule has 0 aliphatic rings. The van der Waals surface area contributed by atoms with Crippen LogP contribution in [0.4, 0.5) is 9.18 Å². The van der Waals surface area contributed by atoms with Gasteiger partial charge in [0, 0.05) is 17.1 Å². The van der Waals surface area contributed by atoms with Crippen LogP contribution >= 0.6 is 0 Å². The lowest BCUT2D eigenvalue weighted by atomic mass is 10.0. The lowest BCUT2D eigenvalue weighted by Gasteiger charge is -2.19. The summed E-state index contributed by atoms with van der Waals surface area (Å²) in [5.41, 5.74) is 2.67. The minimum Gasteiger partial charge on any atom is -0.443 e. The van der Waals surface area contributed by atoms with E-state index in [-0.39, 0.29) is 0 Å². The van der Waals surface area contributed by atoms with E-state index >= 15 is 0 Å². The third-order valence-corrected chi connectivity index (χ3v) is 4.25. The number of hydrogen-bond acceptors (Lipinski definition) is 4. The SMILES string of the molecule is C=Cc1nc2ccc(-c3cn(C(=O)OC(C)(C)C)c4cc(F)ccc34)cc2o1. The van der Waals surface area contributed by atoms with E-state index in [0.717, 1.165) is 16.5 Å². The van der Waals surface area contributed by atoms with Gasteiger partial charge in [0.2, 0.25) is 5.89 Å². The van der Waals surface area contributed by atoms with Gasteiger partial charge in [0.15, 0.2) is 5.58 Å². The second kappa shape index (κ2) is 6.34. The van der Waals surface area contributed by atoms with Crippen LogP contribution in [0.5, 0.6) is 0 Å². The molecule has 2 heterocycles. The average molecular weight is 378 g/mol. The zero-order valence-corrected chi connectivity index (χ0v) is 15.8. The molecule has 5 nitrogen and oxygen atoms in total. The van der Waals surface area contributed by atoms with E-state index in [9.17, 15) is 9.18 Å². The highest BCUT2D eigenvalue weighted by Gasteiger charge is 2.22. The molecule has 0 N–H and O–H groups in total. The molecule has 0 aliphatic carbocycles. The summed E-state index contributed by atoms with van der Waals surface area (Å²) in [5.74, 6) is 0.00803. The van der Waals surface area contributed by atoms with E-state index in [2.05, 4.69) is 11.6 Å². The van der Waals surface area contributed by atoms with Gasteiger partial charge < -0.3 is 9.15 Å². The number of ether oxygens (including phenoxy) is 1. The molecular formula is C22H19FN2O3. The largest absolute Gasteiger partial charge is 0.443 e. The van der Waals surface area contributed by atoms with Crippen molar-refractivity contribution in [1.29, 1.82) is 0 Å². The molecule has 0 aliphatic heterocycles. The molecule has 2 aromatic heterocycles. The summed E-state index contributed by atoms with van der Waals surface area (Å²) in [5, 5.41) is 0.732. The number of carbonyl (C=O) groups excluding carboxylic acids is 1. The number of nitrogens with zero attached hydrogens (tertiary/aromatic N) is 2. The number of benzene rings is 2. The molecule has 142 valence electrons. The van der Waals surface area contributed by atoms with Crippen molar-refractivity contribution in [2.45, 2.75) is 26.4 Å². The lowest BCUT2D eigenvalue weighted by molar-refractivity contribution is 0.0544. The molecule has 0 bridgehead atoms.